The number of carbonyl (C=O) groups excluding carboxylic acids is 2. The number of methoxy groups -OCH3 is 1. The van der Waals surface area contributed by atoms with Crippen LogP contribution in [0.1, 0.15) is 10.5 Å². The second-order valence-electron chi connectivity index (χ2n) is 8.98. The molecule has 1 aromatic heterocycles. The fourth-order valence-corrected chi connectivity index (χ4v) is 5.01. The highest BCUT2D eigenvalue weighted by Gasteiger charge is 2.34. The molecule has 0 bridgehead atoms. The van der Waals surface area contributed by atoms with Gasteiger partial charge >= 0.3 is 7.60 Å². The number of aromatic nitrogens is 2. The molecule has 2 amide bonds. The lowest BCUT2D eigenvalue weighted by atomic mass is 10.0. The van der Waals surface area contributed by atoms with Crippen molar-refractivity contribution in [2.24, 2.45) is 5.92 Å². The molecule has 194 valence electrons. The molecule has 2 saturated heterocycles. The minimum absolute atomic E-state index is 0.0119. The van der Waals surface area contributed by atoms with E-state index >= 15 is 0 Å². The fraction of sp³-hybridized carbons (Fsp3) is 0.478. The van der Waals surface area contributed by atoms with Crippen LogP contribution in [-0.2, 0) is 14.1 Å². The molecule has 0 saturated carbocycles. The zero-order chi connectivity index (χ0) is 25.7. The molecule has 4 N–H and O–H groups in total. The van der Waals surface area contributed by atoms with E-state index in [2.05, 4.69) is 20.6 Å². The van der Waals surface area contributed by atoms with Crippen molar-refractivity contribution in [3.8, 4) is 11.4 Å². The minimum atomic E-state index is -4.60. The van der Waals surface area contributed by atoms with E-state index in [1.165, 1.54) is 11.0 Å². The third-order valence-electron chi connectivity index (χ3n) is 6.11. The number of rotatable bonds is 9. The second kappa shape index (κ2) is 11.4. The van der Waals surface area contributed by atoms with Gasteiger partial charge in [-0.2, -0.15) is 0 Å². The summed E-state index contributed by atoms with van der Waals surface area (Å²) in [5, 5.41) is 5.65. The highest BCUT2D eigenvalue weighted by atomic mass is 31.2. The quantitative estimate of drug-likeness (QED) is 0.331. The standard InChI is InChI=1S/C23H31N6O6P/c1-35-14-16-12-29(13-16)20-11-18(25-21(27-20)17-5-3-2-4-6-17)22(30)26-19(15-36(32,33)34)23(31)28-9-7-24-8-10-28/h2-6,11,16,19,24H,7-10,12-15H2,1H3,(H,26,30)(H2,32,33,34). The molecule has 2 aliphatic heterocycles. The summed E-state index contributed by atoms with van der Waals surface area (Å²) in [5.41, 5.74) is 0.726. The van der Waals surface area contributed by atoms with Gasteiger partial charge in [0.15, 0.2) is 5.82 Å². The average Bonchev–Trinajstić information content (AvgIpc) is 2.85. The zero-order valence-electron chi connectivity index (χ0n) is 20.0. The molecule has 0 radical (unpaired) electrons. The van der Waals surface area contributed by atoms with Gasteiger partial charge in [0.1, 0.15) is 17.6 Å². The van der Waals surface area contributed by atoms with Crippen LogP contribution in [0.2, 0.25) is 0 Å². The van der Waals surface area contributed by atoms with Crippen LogP contribution in [0.25, 0.3) is 11.4 Å². The number of anilines is 1. The Morgan fingerprint density at radius 3 is 2.53 bits per heavy atom. The molecule has 12 nitrogen and oxygen atoms in total. The van der Waals surface area contributed by atoms with Crippen molar-refractivity contribution < 1.29 is 28.7 Å². The van der Waals surface area contributed by atoms with E-state index in [9.17, 15) is 23.9 Å². The lowest BCUT2D eigenvalue weighted by Crippen LogP contribution is -2.55. The maximum atomic E-state index is 13.3. The predicted molar refractivity (Wildman–Crippen MR) is 133 cm³/mol. The summed E-state index contributed by atoms with van der Waals surface area (Å²) in [5.74, 6) is 0.0176. The number of amides is 2. The number of hydrogen-bond acceptors (Lipinski definition) is 8. The first kappa shape index (κ1) is 26.2. The molecular formula is C23H31N6O6P. The lowest BCUT2D eigenvalue weighted by Gasteiger charge is -2.40. The Morgan fingerprint density at radius 2 is 1.89 bits per heavy atom. The van der Waals surface area contributed by atoms with Crippen molar-refractivity contribution in [2.45, 2.75) is 6.04 Å². The van der Waals surface area contributed by atoms with E-state index in [1.807, 2.05) is 35.2 Å². The number of benzene rings is 1. The van der Waals surface area contributed by atoms with Crippen LogP contribution in [0, 0.1) is 5.92 Å². The Kier molecular flexibility index (Phi) is 8.32. The highest BCUT2D eigenvalue weighted by Crippen LogP contribution is 2.35. The lowest BCUT2D eigenvalue weighted by molar-refractivity contribution is -0.133. The molecule has 1 atom stereocenters. The summed E-state index contributed by atoms with van der Waals surface area (Å²) in [6.45, 7) is 3.96. The van der Waals surface area contributed by atoms with Gasteiger partial charge in [-0.3, -0.25) is 14.2 Å². The average molecular weight is 519 g/mol. The van der Waals surface area contributed by atoms with Crippen molar-refractivity contribution in [3.05, 3.63) is 42.1 Å². The topological polar surface area (TPSA) is 157 Å². The third-order valence-corrected chi connectivity index (χ3v) is 6.95. The first-order chi connectivity index (χ1) is 17.2. The van der Waals surface area contributed by atoms with E-state index in [0.29, 0.717) is 69.0 Å². The fourth-order valence-electron chi connectivity index (χ4n) is 4.29. The number of piperazine rings is 1. The van der Waals surface area contributed by atoms with E-state index in [4.69, 9.17) is 4.74 Å². The monoisotopic (exact) mass is 518 g/mol. The molecule has 13 heteroatoms. The summed E-state index contributed by atoms with van der Waals surface area (Å²) in [6, 6.07) is 9.35. The van der Waals surface area contributed by atoms with Crippen LogP contribution < -0.4 is 15.5 Å². The molecule has 4 rings (SSSR count). The van der Waals surface area contributed by atoms with Crippen LogP contribution in [-0.4, -0.2) is 102 Å². The van der Waals surface area contributed by atoms with Gasteiger partial charge < -0.3 is 35.0 Å². The van der Waals surface area contributed by atoms with Gasteiger partial charge in [0.25, 0.3) is 5.91 Å². The van der Waals surface area contributed by atoms with Gasteiger partial charge in [0, 0.05) is 63.9 Å². The van der Waals surface area contributed by atoms with E-state index in [-0.39, 0.29) is 5.69 Å². The normalized spacial score (nSPS) is 17.4. The largest absolute Gasteiger partial charge is 0.384 e. The van der Waals surface area contributed by atoms with Crippen LogP contribution in [0.4, 0.5) is 5.82 Å². The van der Waals surface area contributed by atoms with E-state index in [0.717, 1.165) is 0 Å². The molecule has 3 heterocycles. The van der Waals surface area contributed by atoms with Gasteiger partial charge in [-0.25, -0.2) is 9.97 Å². The Bertz CT molecular complexity index is 1120. The summed E-state index contributed by atoms with van der Waals surface area (Å²) in [6.07, 6.45) is -0.796. The molecule has 2 aliphatic rings. The Morgan fingerprint density at radius 1 is 1.19 bits per heavy atom. The molecule has 0 aliphatic carbocycles. The SMILES string of the molecule is COCC1CN(c2cc(C(=O)NC(CP(=O)(O)O)C(=O)N3CCNCC3)nc(-c3ccccc3)n2)C1. The maximum Gasteiger partial charge on any atom is 0.328 e. The number of ether oxygens (including phenoxy) is 1. The molecular weight excluding hydrogens is 487 g/mol. The highest BCUT2D eigenvalue weighted by molar-refractivity contribution is 7.51. The molecule has 2 fully saturated rings. The van der Waals surface area contributed by atoms with Crippen LogP contribution in [0.3, 0.4) is 0 Å². The Labute approximate surface area is 209 Å². The molecule has 1 unspecified atom stereocenters. The smallest absolute Gasteiger partial charge is 0.328 e. The Balaban J connectivity index is 1.60. The predicted octanol–water partition coefficient (Wildman–Crippen LogP) is -0.0659. The van der Waals surface area contributed by atoms with Crippen molar-refractivity contribution in [3.63, 3.8) is 0 Å². The van der Waals surface area contributed by atoms with Crippen LogP contribution in [0.5, 0.6) is 0 Å². The zero-order valence-corrected chi connectivity index (χ0v) is 20.9. The summed E-state index contributed by atoms with van der Waals surface area (Å²) < 4.78 is 17.0. The van der Waals surface area contributed by atoms with Crippen molar-refractivity contribution >= 4 is 25.2 Å². The molecule has 36 heavy (non-hydrogen) atoms. The van der Waals surface area contributed by atoms with Crippen LogP contribution >= 0.6 is 7.60 Å². The summed E-state index contributed by atoms with van der Waals surface area (Å²) in [4.78, 5) is 58.0. The van der Waals surface area contributed by atoms with Gasteiger partial charge in [-0.15, -0.1) is 0 Å². The first-order valence-corrected chi connectivity index (χ1v) is 13.6. The van der Waals surface area contributed by atoms with Crippen molar-refractivity contribution in [2.75, 3.05) is 64.0 Å². The number of carbonyl (C=O) groups is 2. The van der Waals surface area contributed by atoms with Gasteiger partial charge in [-0.1, -0.05) is 30.3 Å². The third kappa shape index (κ3) is 6.65. The number of nitrogens with zero attached hydrogens (tertiary/aromatic N) is 4. The van der Waals surface area contributed by atoms with Crippen molar-refractivity contribution in [1.29, 1.82) is 0 Å². The molecule has 1 aromatic carbocycles. The van der Waals surface area contributed by atoms with Gasteiger partial charge in [0.05, 0.1) is 12.8 Å². The first-order valence-electron chi connectivity index (χ1n) is 11.8. The van der Waals surface area contributed by atoms with Gasteiger partial charge in [0.2, 0.25) is 5.91 Å². The number of nitrogens with one attached hydrogen (secondary N) is 2. The van der Waals surface area contributed by atoms with Crippen molar-refractivity contribution in [1.82, 2.24) is 25.5 Å². The summed E-state index contributed by atoms with van der Waals surface area (Å²) in [7, 11) is -2.95. The van der Waals surface area contributed by atoms with E-state index < -0.39 is 31.6 Å². The Hall–Kier alpha value is -2.89. The summed E-state index contributed by atoms with van der Waals surface area (Å²) >= 11 is 0. The minimum Gasteiger partial charge on any atom is -0.384 e. The van der Waals surface area contributed by atoms with Crippen LogP contribution in [0.15, 0.2) is 36.4 Å². The number of hydrogen-bond donors (Lipinski definition) is 4. The molecule has 2 aromatic rings. The molecule has 0 spiro atoms. The van der Waals surface area contributed by atoms with E-state index in [1.54, 1.807) is 7.11 Å². The van der Waals surface area contributed by atoms with Gasteiger partial charge in [-0.05, 0) is 0 Å². The maximum absolute atomic E-state index is 13.3. The second-order valence-corrected chi connectivity index (χ2v) is 10.7.